The van der Waals surface area contributed by atoms with Crippen molar-refractivity contribution in [3.63, 3.8) is 0 Å². The second-order valence-electron chi connectivity index (χ2n) is 7.72. The van der Waals surface area contributed by atoms with Gasteiger partial charge >= 0.3 is 13.7 Å². The summed E-state index contributed by atoms with van der Waals surface area (Å²) in [6.45, 7) is 7.64. The molecule has 10 heteroatoms. The summed E-state index contributed by atoms with van der Waals surface area (Å²) >= 11 is 0. The van der Waals surface area contributed by atoms with Crippen LogP contribution in [0.15, 0.2) is 54.6 Å². The van der Waals surface area contributed by atoms with Gasteiger partial charge in [-0.2, -0.15) is 5.09 Å². The highest BCUT2D eigenvalue weighted by Gasteiger charge is 2.34. The van der Waals surface area contributed by atoms with Gasteiger partial charge in [-0.1, -0.05) is 39.0 Å². The summed E-state index contributed by atoms with van der Waals surface area (Å²) in [5.41, 5.74) is -0.330. The standard InChI is InChI=1S/C21H27N2O7P/c1-5-21(3,4)15-28-20(24)16(2)22-31(27,29-18-9-7-6-8-10-18)30-19-13-11-17(12-14-19)23(25)26/h6-14,16H,5,15H2,1-4H3,(H,22,27). The highest BCUT2D eigenvalue weighted by Crippen LogP contribution is 2.45. The predicted octanol–water partition coefficient (Wildman–Crippen LogP) is 5.12. The summed E-state index contributed by atoms with van der Waals surface area (Å²) in [5, 5.41) is 13.4. The second-order valence-corrected chi connectivity index (χ2v) is 9.34. The van der Waals surface area contributed by atoms with Gasteiger partial charge in [0.2, 0.25) is 0 Å². The Morgan fingerprint density at radius 1 is 1.10 bits per heavy atom. The fourth-order valence-electron chi connectivity index (χ4n) is 2.24. The topological polar surface area (TPSA) is 117 Å². The quantitative estimate of drug-likeness (QED) is 0.217. The lowest BCUT2D eigenvalue weighted by atomic mass is 9.92. The summed E-state index contributed by atoms with van der Waals surface area (Å²) in [4.78, 5) is 22.7. The molecule has 0 aliphatic rings. The molecule has 2 aromatic carbocycles. The van der Waals surface area contributed by atoms with E-state index < -0.39 is 24.7 Å². The highest BCUT2D eigenvalue weighted by atomic mass is 31.2. The fraction of sp³-hybridized carbons (Fsp3) is 0.381. The highest BCUT2D eigenvalue weighted by molar-refractivity contribution is 7.52. The van der Waals surface area contributed by atoms with Crippen molar-refractivity contribution < 1.29 is 28.1 Å². The van der Waals surface area contributed by atoms with E-state index in [-0.39, 0.29) is 29.2 Å². The smallest absolute Gasteiger partial charge is 0.464 e. The maximum Gasteiger partial charge on any atom is 0.513 e. The van der Waals surface area contributed by atoms with E-state index in [1.807, 2.05) is 20.8 Å². The molecule has 0 saturated carbocycles. The van der Waals surface area contributed by atoms with Crippen LogP contribution in [-0.2, 0) is 14.1 Å². The molecule has 0 aliphatic heterocycles. The molecular weight excluding hydrogens is 423 g/mol. The molecule has 0 aliphatic carbocycles. The molecule has 9 nitrogen and oxygen atoms in total. The van der Waals surface area contributed by atoms with Crippen LogP contribution in [0.25, 0.3) is 0 Å². The van der Waals surface area contributed by atoms with Crippen LogP contribution >= 0.6 is 7.75 Å². The zero-order chi connectivity index (χ0) is 23.1. The lowest BCUT2D eigenvalue weighted by Crippen LogP contribution is -2.37. The fourth-order valence-corrected chi connectivity index (χ4v) is 3.76. The van der Waals surface area contributed by atoms with Gasteiger partial charge in [0.25, 0.3) is 5.69 Å². The molecule has 0 radical (unpaired) electrons. The average molecular weight is 450 g/mol. The van der Waals surface area contributed by atoms with Gasteiger partial charge in [0.05, 0.1) is 11.5 Å². The van der Waals surface area contributed by atoms with Crippen molar-refractivity contribution >= 4 is 19.4 Å². The average Bonchev–Trinajstić information content (AvgIpc) is 2.72. The molecule has 0 aromatic heterocycles. The van der Waals surface area contributed by atoms with Crippen LogP contribution < -0.4 is 14.1 Å². The monoisotopic (exact) mass is 450 g/mol. The number of hydrogen-bond donors (Lipinski definition) is 1. The summed E-state index contributed by atoms with van der Waals surface area (Å²) < 4.78 is 29.9. The van der Waals surface area contributed by atoms with Crippen molar-refractivity contribution in [3.05, 3.63) is 64.7 Å². The van der Waals surface area contributed by atoms with Crippen LogP contribution in [0.4, 0.5) is 5.69 Å². The molecule has 2 atom stereocenters. The van der Waals surface area contributed by atoms with Crippen molar-refractivity contribution in [1.29, 1.82) is 0 Å². The first-order chi connectivity index (χ1) is 14.5. The Morgan fingerprint density at radius 3 is 2.16 bits per heavy atom. The molecule has 0 fully saturated rings. The first-order valence-corrected chi connectivity index (χ1v) is 11.3. The summed E-state index contributed by atoms with van der Waals surface area (Å²) in [6, 6.07) is 12.3. The molecule has 2 rings (SSSR count). The van der Waals surface area contributed by atoms with Gasteiger partial charge in [0, 0.05) is 12.1 Å². The second kappa shape index (κ2) is 10.4. The number of hydrogen-bond acceptors (Lipinski definition) is 7. The van der Waals surface area contributed by atoms with Crippen molar-refractivity contribution in [2.45, 2.75) is 40.2 Å². The van der Waals surface area contributed by atoms with E-state index in [0.717, 1.165) is 6.42 Å². The number of nitro benzene ring substituents is 1. The molecule has 2 aromatic rings. The Bertz CT molecular complexity index is 933. The van der Waals surface area contributed by atoms with Crippen molar-refractivity contribution in [3.8, 4) is 11.5 Å². The number of benzene rings is 2. The number of carbonyl (C=O) groups is 1. The lowest BCUT2D eigenvalue weighted by molar-refractivity contribution is -0.384. The third kappa shape index (κ3) is 7.70. The van der Waals surface area contributed by atoms with Gasteiger partial charge in [0.15, 0.2) is 0 Å². The van der Waals surface area contributed by atoms with Gasteiger partial charge in [-0.25, -0.2) is 4.57 Å². The van der Waals surface area contributed by atoms with Crippen LogP contribution in [-0.4, -0.2) is 23.5 Å². The SMILES string of the molecule is CCC(C)(C)COC(=O)C(C)NP(=O)(Oc1ccccc1)Oc1ccc([N+](=O)[O-])cc1. The zero-order valence-corrected chi connectivity index (χ0v) is 18.8. The molecular formula is C21H27N2O7P. The number of rotatable bonds is 11. The van der Waals surface area contributed by atoms with Crippen LogP contribution in [0.1, 0.15) is 34.1 Å². The van der Waals surface area contributed by atoms with Gasteiger partial charge in [0.1, 0.15) is 17.5 Å². The largest absolute Gasteiger partial charge is 0.513 e. The number of non-ortho nitro benzene ring substituents is 1. The summed E-state index contributed by atoms with van der Waals surface area (Å²) in [6.07, 6.45) is 0.820. The molecule has 1 N–H and O–H groups in total. The number of nitrogens with one attached hydrogen (secondary N) is 1. The first kappa shape index (κ1) is 24.4. The van der Waals surface area contributed by atoms with Crippen LogP contribution in [0.3, 0.4) is 0 Å². The van der Waals surface area contributed by atoms with Crippen molar-refractivity contribution in [1.82, 2.24) is 5.09 Å². The Balaban J connectivity index is 2.18. The Morgan fingerprint density at radius 2 is 1.65 bits per heavy atom. The van der Waals surface area contributed by atoms with E-state index in [4.69, 9.17) is 13.8 Å². The van der Waals surface area contributed by atoms with Crippen molar-refractivity contribution in [2.24, 2.45) is 5.41 Å². The molecule has 0 heterocycles. The van der Waals surface area contributed by atoms with Gasteiger partial charge in [-0.15, -0.1) is 0 Å². The normalized spacial score (nSPS) is 14.2. The summed E-state index contributed by atoms with van der Waals surface area (Å²) in [5.74, 6) is -0.274. The number of esters is 1. The number of para-hydroxylation sites is 1. The van der Waals surface area contributed by atoms with Gasteiger partial charge in [-0.05, 0) is 43.0 Å². The number of carbonyl (C=O) groups excluding carboxylic acids is 1. The van der Waals surface area contributed by atoms with E-state index in [0.29, 0.717) is 0 Å². The Hall–Kier alpha value is -2.90. The molecule has 2 unspecified atom stereocenters. The third-order valence-corrected chi connectivity index (χ3v) is 6.12. The maximum atomic E-state index is 13.4. The molecule has 0 amide bonds. The van der Waals surface area contributed by atoms with Crippen LogP contribution in [0.5, 0.6) is 11.5 Å². The predicted molar refractivity (Wildman–Crippen MR) is 116 cm³/mol. The van der Waals surface area contributed by atoms with E-state index in [2.05, 4.69) is 5.09 Å². The minimum absolute atomic E-state index is 0.0741. The minimum atomic E-state index is -4.10. The number of nitro groups is 1. The van der Waals surface area contributed by atoms with E-state index >= 15 is 0 Å². The maximum absolute atomic E-state index is 13.4. The number of nitrogens with zero attached hydrogens (tertiary/aromatic N) is 1. The third-order valence-electron chi connectivity index (χ3n) is 4.51. The lowest BCUT2D eigenvalue weighted by Gasteiger charge is -2.25. The first-order valence-electron chi connectivity index (χ1n) is 9.77. The number of ether oxygens (including phenoxy) is 1. The van der Waals surface area contributed by atoms with E-state index in [9.17, 15) is 19.5 Å². The molecule has 0 spiro atoms. The van der Waals surface area contributed by atoms with E-state index in [1.165, 1.54) is 31.2 Å². The van der Waals surface area contributed by atoms with Gasteiger partial charge in [-0.3, -0.25) is 14.9 Å². The zero-order valence-electron chi connectivity index (χ0n) is 17.9. The minimum Gasteiger partial charge on any atom is -0.464 e. The molecule has 31 heavy (non-hydrogen) atoms. The Labute approximate surface area is 181 Å². The van der Waals surface area contributed by atoms with Crippen LogP contribution in [0.2, 0.25) is 0 Å². The molecule has 0 bridgehead atoms. The van der Waals surface area contributed by atoms with Gasteiger partial charge < -0.3 is 13.8 Å². The van der Waals surface area contributed by atoms with Crippen molar-refractivity contribution in [2.75, 3.05) is 6.61 Å². The van der Waals surface area contributed by atoms with E-state index in [1.54, 1.807) is 30.3 Å². The molecule has 0 saturated heterocycles. The Kier molecular flexibility index (Phi) is 8.19. The molecule has 168 valence electrons. The summed E-state index contributed by atoms with van der Waals surface area (Å²) in [7, 11) is -4.10. The van der Waals surface area contributed by atoms with Crippen LogP contribution in [0, 0.1) is 15.5 Å².